The minimum absolute atomic E-state index is 1.23. The van der Waals surface area contributed by atoms with Crippen molar-refractivity contribution in [3.8, 4) is 0 Å². The van der Waals surface area contributed by atoms with Crippen LogP contribution in [0, 0.1) is 0 Å². The van der Waals surface area contributed by atoms with E-state index < -0.39 is 21.0 Å². The van der Waals surface area contributed by atoms with Crippen molar-refractivity contribution in [3.63, 3.8) is 0 Å². The van der Waals surface area contributed by atoms with Crippen molar-refractivity contribution >= 4 is 3.76 Å². The van der Waals surface area contributed by atoms with Crippen molar-refractivity contribution in [1.29, 1.82) is 0 Å². The summed E-state index contributed by atoms with van der Waals surface area (Å²) in [5.74, 6) is 0. The second-order valence-corrected chi connectivity index (χ2v) is 13.0. The molecule has 66 valence electrons. The average molecular weight is 337 g/mol. The van der Waals surface area contributed by atoms with Crippen LogP contribution in [0.5, 0.6) is 0 Å². The zero-order valence-corrected chi connectivity index (χ0v) is 11.5. The third-order valence-corrected chi connectivity index (χ3v) is 12.2. The Labute approximate surface area is 87.4 Å². The Kier molecular flexibility index (Phi) is 3.05. The van der Waals surface area contributed by atoms with E-state index in [4.69, 9.17) is 0 Å². The molecule has 0 saturated carbocycles. The Morgan fingerprint density at radius 1 is 1.08 bits per heavy atom. The molecule has 2 rings (SSSR count). The fourth-order valence-corrected chi connectivity index (χ4v) is 10.4. The molecule has 0 atom stereocenters. The van der Waals surface area contributed by atoms with Gasteiger partial charge in [-0.05, 0) is 0 Å². The van der Waals surface area contributed by atoms with Gasteiger partial charge in [0.1, 0.15) is 0 Å². The van der Waals surface area contributed by atoms with Gasteiger partial charge in [0.2, 0.25) is 0 Å². The molecule has 0 bridgehead atoms. The summed E-state index contributed by atoms with van der Waals surface area (Å²) in [4.78, 5) is 0. The van der Waals surface area contributed by atoms with Gasteiger partial charge in [0.25, 0.3) is 0 Å². The Morgan fingerprint density at radius 3 is 1.92 bits per heavy atom. The summed E-state index contributed by atoms with van der Waals surface area (Å²) in [6.07, 6.45) is 16.1. The third kappa shape index (κ3) is 1.96. The Morgan fingerprint density at radius 2 is 1.62 bits per heavy atom. The first kappa shape index (κ1) is 9.26. The number of hydrogen-bond donors (Lipinski definition) is 0. The molecule has 13 heavy (non-hydrogen) atoms. The summed E-state index contributed by atoms with van der Waals surface area (Å²) in [7, 11) is 0. The van der Waals surface area contributed by atoms with Crippen LogP contribution in [0.4, 0.5) is 0 Å². The van der Waals surface area contributed by atoms with Gasteiger partial charge in [-0.2, -0.15) is 0 Å². The molecule has 0 nitrogen and oxygen atoms in total. The predicted molar refractivity (Wildman–Crippen MR) is 55.4 cm³/mol. The first-order valence-electron chi connectivity index (χ1n) is 4.80. The minimum atomic E-state index is -1.60. The summed E-state index contributed by atoms with van der Waals surface area (Å²) in [6.45, 7) is 2.25. The van der Waals surface area contributed by atoms with Gasteiger partial charge in [-0.3, -0.25) is 0 Å². The summed E-state index contributed by atoms with van der Waals surface area (Å²) in [6, 6.07) is 0. The molecule has 0 heterocycles. The van der Waals surface area contributed by atoms with Gasteiger partial charge in [0.15, 0.2) is 0 Å². The first-order chi connectivity index (χ1) is 6.42. The summed E-state index contributed by atoms with van der Waals surface area (Å²) in [5.41, 5.74) is 0. The van der Waals surface area contributed by atoms with Crippen LogP contribution < -0.4 is 0 Å². The van der Waals surface area contributed by atoms with E-state index in [1.54, 1.807) is 6.66 Å². The van der Waals surface area contributed by atoms with Crippen molar-refractivity contribution in [2.45, 2.75) is 19.8 Å². The third-order valence-electron chi connectivity index (χ3n) is 2.52. The Hall–Kier alpha value is -0.300. The van der Waals surface area contributed by atoms with E-state index in [-0.39, 0.29) is 0 Å². The SMILES string of the molecule is C[CH]=[Hf]([C]1=CC=CC1)[C]1=CC=CC1. The molecular formula is C12H14Hf. The van der Waals surface area contributed by atoms with E-state index in [2.05, 4.69) is 47.1 Å². The van der Waals surface area contributed by atoms with Gasteiger partial charge >= 0.3 is 87.6 Å². The second kappa shape index (κ2) is 4.28. The van der Waals surface area contributed by atoms with Crippen molar-refractivity contribution in [3.05, 3.63) is 43.1 Å². The average Bonchev–Trinajstić information content (AvgIpc) is 2.76. The quantitative estimate of drug-likeness (QED) is 0.680. The maximum absolute atomic E-state index is 2.52. The van der Waals surface area contributed by atoms with Gasteiger partial charge in [-0.1, -0.05) is 0 Å². The van der Waals surface area contributed by atoms with Crippen LogP contribution in [0.3, 0.4) is 0 Å². The van der Waals surface area contributed by atoms with Gasteiger partial charge in [-0.25, -0.2) is 0 Å². The van der Waals surface area contributed by atoms with Crippen LogP contribution in [0.15, 0.2) is 43.1 Å². The van der Waals surface area contributed by atoms with Gasteiger partial charge in [0.05, 0.1) is 0 Å². The van der Waals surface area contributed by atoms with Crippen LogP contribution >= 0.6 is 0 Å². The van der Waals surface area contributed by atoms with Gasteiger partial charge in [-0.15, -0.1) is 0 Å². The molecule has 2 aliphatic rings. The summed E-state index contributed by atoms with van der Waals surface area (Å²) in [5, 5.41) is 0. The standard InChI is InChI=1S/2C5H5.C2H4.Hf/c2*1-2-4-5-3-1;1-2;/h2*1-3H,4H2;1H,2H3;. The van der Waals surface area contributed by atoms with E-state index in [1.807, 2.05) is 0 Å². The maximum atomic E-state index is 2.52. The molecule has 0 spiro atoms. The fourth-order valence-electron chi connectivity index (χ4n) is 1.87. The molecule has 0 saturated heterocycles. The zero-order valence-electron chi connectivity index (χ0n) is 7.96. The molecule has 0 aliphatic heterocycles. The van der Waals surface area contributed by atoms with Crippen LogP contribution in [-0.2, 0) is 21.0 Å². The monoisotopic (exact) mass is 338 g/mol. The van der Waals surface area contributed by atoms with Crippen LogP contribution in [-0.4, -0.2) is 3.76 Å². The Balaban J connectivity index is 2.20. The first-order valence-corrected chi connectivity index (χ1v) is 10.5. The summed E-state index contributed by atoms with van der Waals surface area (Å²) >= 11 is -1.60. The predicted octanol–water partition coefficient (Wildman–Crippen LogP) is 3.11. The molecule has 0 aromatic heterocycles. The van der Waals surface area contributed by atoms with E-state index in [0.29, 0.717) is 0 Å². The van der Waals surface area contributed by atoms with E-state index >= 15 is 0 Å². The second-order valence-electron chi connectivity index (χ2n) is 3.35. The number of rotatable bonds is 2. The van der Waals surface area contributed by atoms with Gasteiger partial charge < -0.3 is 0 Å². The van der Waals surface area contributed by atoms with Crippen molar-refractivity contribution in [2.24, 2.45) is 0 Å². The van der Waals surface area contributed by atoms with Crippen LogP contribution in [0.1, 0.15) is 19.8 Å². The van der Waals surface area contributed by atoms with E-state index in [0.717, 1.165) is 0 Å². The van der Waals surface area contributed by atoms with Gasteiger partial charge in [0, 0.05) is 0 Å². The summed E-state index contributed by atoms with van der Waals surface area (Å²) < 4.78 is 6.02. The van der Waals surface area contributed by atoms with E-state index in [1.165, 1.54) is 12.8 Å². The van der Waals surface area contributed by atoms with Crippen LogP contribution in [0.25, 0.3) is 0 Å². The van der Waals surface area contributed by atoms with Crippen molar-refractivity contribution in [1.82, 2.24) is 0 Å². The molecular weight excluding hydrogens is 323 g/mol. The molecule has 0 N–H and O–H groups in total. The number of hydrogen-bond acceptors (Lipinski definition) is 0. The normalized spacial score (nSPS) is 18.8. The molecule has 1 heteroatoms. The van der Waals surface area contributed by atoms with Crippen molar-refractivity contribution in [2.75, 3.05) is 0 Å². The number of allylic oxidation sites excluding steroid dienone is 8. The molecule has 0 aromatic carbocycles. The van der Waals surface area contributed by atoms with E-state index in [9.17, 15) is 0 Å². The fraction of sp³-hybridized carbons (Fsp3) is 0.250. The molecule has 2 aliphatic carbocycles. The Bertz CT molecular complexity index is 319. The van der Waals surface area contributed by atoms with Crippen molar-refractivity contribution < 1.29 is 21.0 Å². The molecule has 0 unspecified atom stereocenters. The zero-order chi connectivity index (χ0) is 9.10. The molecule has 0 aromatic rings. The molecule has 0 fully saturated rings. The molecule has 0 amide bonds. The van der Waals surface area contributed by atoms with Crippen LogP contribution in [0.2, 0.25) is 0 Å². The molecule has 0 radical (unpaired) electrons. The topological polar surface area (TPSA) is 0 Å².